The molecule has 0 aliphatic carbocycles. The molecule has 1 unspecified atom stereocenters. The van der Waals surface area contributed by atoms with Gasteiger partial charge in [-0.2, -0.15) is 0 Å². The maximum atomic E-state index is 11.7. The van der Waals surface area contributed by atoms with Crippen LogP contribution >= 0.6 is 0 Å². The predicted molar refractivity (Wildman–Crippen MR) is 76.2 cm³/mol. The van der Waals surface area contributed by atoms with Crippen LogP contribution in [0.2, 0.25) is 0 Å². The van der Waals surface area contributed by atoms with Gasteiger partial charge in [0.15, 0.2) is 9.84 Å². The SMILES string of the molecule is Cc1cc(C(C)C)nc(NCC2CCCS2(=O)=O)n1. The molecule has 1 aliphatic rings. The summed E-state index contributed by atoms with van der Waals surface area (Å²) >= 11 is 0. The second kappa shape index (κ2) is 5.45. The van der Waals surface area contributed by atoms with Crippen LogP contribution in [0.25, 0.3) is 0 Å². The summed E-state index contributed by atoms with van der Waals surface area (Å²) in [6, 6.07) is 1.96. The number of nitrogens with zero attached hydrogens (tertiary/aromatic N) is 2. The summed E-state index contributed by atoms with van der Waals surface area (Å²) in [5.74, 6) is 1.17. The Kier molecular flexibility index (Phi) is 4.08. The maximum absolute atomic E-state index is 11.7. The number of rotatable bonds is 4. The molecule has 0 bridgehead atoms. The van der Waals surface area contributed by atoms with Crippen LogP contribution in [0.3, 0.4) is 0 Å². The van der Waals surface area contributed by atoms with Crippen molar-refractivity contribution in [3.63, 3.8) is 0 Å². The van der Waals surface area contributed by atoms with Crippen LogP contribution in [0.4, 0.5) is 5.95 Å². The first-order chi connectivity index (χ1) is 8.88. The molecule has 1 aliphatic heterocycles. The number of sulfone groups is 1. The molecule has 0 aromatic carbocycles. The third-order valence-electron chi connectivity index (χ3n) is 3.42. The first kappa shape index (κ1) is 14.2. The van der Waals surface area contributed by atoms with E-state index < -0.39 is 9.84 Å². The molecular weight excluding hydrogens is 262 g/mol. The number of hydrogen-bond acceptors (Lipinski definition) is 5. The third-order valence-corrected chi connectivity index (χ3v) is 5.69. The van der Waals surface area contributed by atoms with E-state index in [1.807, 2.05) is 13.0 Å². The zero-order chi connectivity index (χ0) is 14.0. The number of aromatic nitrogens is 2. The smallest absolute Gasteiger partial charge is 0.223 e. The molecule has 1 atom stereocenters. The van der Waals surface area contributed by atoms with Gasteiger partial charge in [0.1, 0.15) is 0 Å². The van der Waals surface area contributed by atoms with Crippen molar-refractivity contribution < 1.29 is 8.42 Å². The Morgan fingerprint density at radius 2 is 2.16 bits per heavy atom. The Bertz CT molecular complexity index is 555. The Morgan fingerprint density at radius 1 is 1.42 bits per heavy atom. The normalized spacial score (nSPS) is 21.8. The van der Waals surface area contributed by atoms with Crippen molar-refractivity contribution in [1.82, 2.24) is 9.97 Å². The van der Waals surface area contributed by atoms with Gasteiger partial charge in [0.2, 0.25) is 5.95 Å². The Morgan fingerprint density at radius 3 is 2.74 bits per heavy atom. The fourth-order valence-electron chi connectivity index (χ4n) is 2.26. The van der Waals surface area contributed by atoms with Crippen LogP contribution < -0.4 is 5.32 Å². The van der Waals surface area contributed by atoms with Gasteiger partial charge in [-0.1, -0.05) is 13.8 Å². The van der Waals surface area contributed by atoms with Crippen LogP contribution in [-0.2, 0) is 9.84 Å². The van der Waals surface area contributed by atoms with E-state index in [9.17, 15) is 8.42 Å². The third kappa shape index (κ3) is 3.43. The summed E-state index contributed by atoms with van der Waals surface area (Å²) in [5, 5.41) is 2.78. The molecule has 19 heavy (non-hydrogen) atoms. The highest BCUT2D eigenvalue weighted by Gasteiger charge is 2.31. The second-order valence-electron chi connectivity index (χ2n) is 5.42. The number of anilines is 1. The van der Waals surface area contributed by atoms with Crippen LogP contribution in [0.1, 0.15) is 44.0 Å². The zero-order valence-electron chi connectivity index (χ0n) is 11.7. The van der Waals surface area contributed by atoms with E-state index in [1.54, 1.807) is 0 Å². The predicted octanol–water partition coefficient (Wildman–Crippen LogP) is 1.90. The van der Waals surface area contributed by atoms with Crippen molar-refractivity contribution in [3.05, 3.63) is 17.5 Å². The lowest BCUT2D eigenvalue weighted by Gasteiger charge is -2.13. The highest BCUT2D eigenvalue weighted by atomic mass is 32.2. The summed E-state index contributed by atoms with van der Waals surface area (Å²) in [6.07, 6.45) is 1.50. The minimum Gasteiger partial charge on any atom is -0.353 e. The summed E-state index contributed by atoms with van der Waals surface area (Å²) in [7, 11) is -2.91. The summed E-state index contributed by atoms with van der Waals surface area (Å²) in [6.45, 7) is 6.48. The molecule has 1 N–H and O–H groups in total. The lowest BCUT2D eigenvalue weighted by molar-refractivity contribution is 0.591. The van der Waals surface area contributed by atoms with Crippen molar-refractivity contribution in [1.29, 1.82) is 0 Å². The van der Waals surface area contributed by atoms with E-state index in [2.05, 4.69) is 29.1 Å². The fraction of sp³-hybridized carbons (Fsp3) is 0.692. The van der Waals surface area contributed by atoms with Gasteiger partial charge in [-0.25, -0.2) is 18.4 Å². The Labute approximate surface area is 114 Å². The van der Waals surface area contributed by atoms with Gasteiger partial charge >= 0.3 is 0 Å². The average molecular weight is 283 g/mol. The first-order valence-electron chi connectivity index (χ1n) is 6.69. The van der Waals surface area contributed by atoms with Crippen molar-refractivity contribution in [2.45, 2.75) is 44.8 Å². The Hall–Kier alpha value is -1.17. The van der Waals surface area contributed by atoms with Gasteiger partial charge in [0.05, 0.1) is 11.0 Å². The first-order valence-corrected chi connectivity index (χ1v) is 8.41. The lowest BCUT2D eigenvalue weighted by Crippen LogP contribution is -2.26. The molecule has 1 aromatic heterocycles. The molecule has 2 rings (SSSR count). The summed E-state index contributed by atoms with van der Waals surface area (Å²) in [4.78, 5) is 8.73. The Balaban J connectivity index is 2.07. The van der Waals surface area contributed by atoms with Crippen LogP contribution in [0.5, 0.6) is 0 Å². The van der Waals surface area contributed by atoms with Gasteiger partial charge < -0.3 is 5.32 Å². The van der Waals surface area contributed by atoms with Crippen LogP contribution in [0, 0.1) is 6.92 Å². The van der Waals surface area contributed by atoms with Crippen LogP contribution in [-0.4, -0.2) is 35.9 Å². The number of nitrogens with one attached hydrogen (secondary N) is 1. The van der Waals surface area contributed by atoms with E-state index in [-0.39, 0.29) is 5.25 Å². The monoisotopic (exact) mass is 283 g/mol. The largest absolute Gasteiger partial charge is 0.353 e. The fourth-order valence-corrected chi connectivity index (χ4v) is 4.03. The summed E-state index contributed by atoms with van der Waals surface area (Å²) < 4.78 is 23.5. The molecule has 0 radical (unpaired) electrons. The van der Waals surface area contributed by atoms with E-state index in [0.29, 0.717) is 24.2 Å². The molecule has 106 valence electrons. The second-order valence-corrected chi connectivity index (χ2v) is 7.83. The summed E-state index contributed by atoms with van der Waals surface area (Å²) in [5.41, 5.74) is 1.87. The van der Waals surface area contributed by atoms with Crippen molar-refractivity contribution >= 4 is 15.8 Å². The number of aryl methyl sites for hydroxylation is 1. The number of hydrogen-bond donors (Lipinski definition) is 1. The quantitative estimate of drug-likeness (QED) is 0.913. The lowest BCUT2D eigenvalue weighted by atomic mass is 10.1. The van der Waals surface area contributed by atoms with E-state index >= 15 is 0 Å². The van der Waals surface area contributed by atoms with Gasteiger partial charge in [0, 0.05) is 17.9 Å². The minimum atomic E-state index is -2.91. The molecule has 0 spiro atoms. The van der Waals surface area contributed by atoms with Gasteiger partial charge in [-0.3, -0.25) is 0 Å². The zero-order valence-corrected chi connectivity index (χ0v) is 12.5. The molecule has 6 heteroatoms. The molecule has 0 saturated carbocycles. The van der Waals surface area contributed by atoms with Crippen LogP contribution in [0.15, 0.2) is 6.07 Å². The molecule has 1 aromatic rings. The molecule has 0 amide bonds. The molecular formula is C13H21N3O2S. The topological polar surface area (TPSA) is 72.0 Å². The highest BCUT2D eigenvalue weighted by molar-refractivity contribution is 7.92. The molecule has 1 saturated heterocycles. The van der Waals surface area contributed by atoms with E-state index in [1.165, 1.54) is 0 Å². The average Bonchev–Trinajstić information content (AvgIpc) is 2.65. The minimum absolute atomic E-state index is 0.292. The van der Waals surface area contributed by atoms with Gasteiger partial charge in [-0.05, 0) is 31.7 Å². The molecule has 1 fully saturated rings. The van der Waals surface area contributed by atoms with Gasteiger partial charge in [0.25, 0.3) is 0 Å². The molecule has 2 heterocycles. The van der Waals surface area contributed by atoms with Gasteiger partial charge in [-0.15, -0.1) is 0 Å². The maximum Gasteiger partial charge on any atom is 0.223 e. The molecule has 5 nitrogen and oxygen atoms in total. The highest BCUT2D eigenvalue weighted by Crippen LogP contribution is 2.20. The van der Waals surface area contributed by atoms with E-state index in [0.717, 1.165) is 24.2 Å². The standard InChI is InChI=1S/C13H21N3O2S/c1-9(2)12-7-10(3)15-13(16-12)14-8-11-5-4-6-19(11,17)18/h7,9,11H,4-6,8H2,1-3H3,(H,14,15,16). The van der Waals surface area contributed by atoms with Crippen molar-refractivity contribution in [2.75, 3.05) is 17.6 Å². The van der Waals surface area contributed by atoms with E-state index in [4.69, 9.17) is 0 Å². The van der Waals surface area contributed by atoms with Crippen molar-refractivity contribution in [3.8, 4) is 0 Å². The van der Waals surface area contributed by atoms with Crippen molar-refractivity contribution in [2.24, 2.45) is 0 Å².